The summed E-state index contributed by atoms with van der Waals surface area (Å²) in [6.07, 6.45) is 0. The molecular formula is C17H12ClNO3. The summed E-state index contributed by atoms with van der Waals surface area (Å²) in [5.74, 6) is 1.58. The number of ether oxygens (including phenoxy) is 2. The molecule has 2 aromatic carbocycles. The number of methoxy groups -OCH3 is 1. The van der Waals surface area contributed by atoms with Gasteiger partial charge in [0.15, 0.2) is 0 Å². The van der Waals surface area contributed by atoms with Crippen molar-refractivity contribution in [2.45, 2.75) is 0 Å². The number of aromatic nitrogens is 1. The molecule has 1 aromatic heterocycles. The second kappa shape index (κ2) is 6.03. The first-order valence-electron chi connectivity index (χ1n) is 6.59. The number of carbonyl (C=O) groups excluding carboxylic acids is 1. The van der Waals surface area contributed by atoms with Crippen LogP contribution in [0.1, 0.15) is 10.4 Å². The molecule has 0 unspecified atom stereocenters. The van der Waals surface area contributed by atoms with Crippen molar-refractivity contribution in [1.82, 2.24) is 4.98 Å². The zero-order valence-electron chi connectivity index (χ0n) is 11.7. The fourth-order valence-electron chi connectivity index (χ4n) is 2.13. The molecule has 0 spiro atoms. The van der Waals surface area contributed by atoms with Gasteiger partial charge in [0.2, 0.25) is 5.88 Å². The minimum atomic E-state index is -0.571. The van der Waals surface area contributed by atoms with Crippen LogP contribution < -0.4 is 9.47 Å². The van der Waals surface area contributed by atoms with Crippen molar-refractivity contribution in [3.63, 3.8) is 0 Å². The average molecular weight is 314 g/mol. The van der Waals surface area contributed by atoms with E-state index in [0.717, 1.165) is 0 Å². The summed E-state index contributed by atoms with van der Waals surface area (Å²) in [7, 11) is 1.56. The first-order valence-corrected chi connectivity index (χ1v) is 6.96. The molecule has 0 saturated heterocycles. The summed E-state index contributed by atoms with van der Waals surface area (Å²) < 4.78 is 10.9. The van der Waals surface area contributed by atoms with E-state index >= 15 is 0 Å². The number of benzene rings is 2. The smallest absolute Gasteiger partial charge is 0.253 e. The van der Waals surface area contributed by atoms with Crippen molar-refractivity contribution in [3.05, 3.63) is 60.2 Å². The van der Waals surface area contributed by atoms with Gasteiger partial charge in [-0.15, -0.1) is 0 Å². The zero-order chi connectivity index (χ0) is 15.5. The number of pyridine rings is 1. The van der Waals surface area contributed by atoms with Gasteiger partial charge in [0.25, 0.3) is 5.24 Å². The number of carbonyl (C=O) groups is 1. The highest BCUT2D eigenvalue weighted by molar-refractivity contribution is 6.68. The van der Waals surface area contributed by atoms with Crippen LogP contribution in [0.25, 0.3) is 10.9 Å². The Hall–Kier alpha value is -2.59. The van der Waals surface area contributed by atoms with Crippen molar-refractivity contribution in [3.8, 4) is 17.4 Å². The largest absolute Gasteiger partial charge is 0.497 e. The predicted octanol–water partition coefficient (Wildman–Crippen LogP) is 4.41. The molecule has 110 valence electrons. The molecule has 0 atom stereocenters. The van der Waals surface area contributed by atoms with E-state index in [1.807, 2.05) is 30.3 Å². The molecule has 3 rings (SSSR count). The lowest BCUT2D eigenvalue weighted by atomic mass is 10.1. The zero-order valence-corrected chi connectivity index (χ0v) is 12.5. The van der Waals surface area contributed by atoms with Gasteiger partial charge in [0, 0.05) is 17.0 Å². The normalized spacial score (nSPS) is 10.5. The van der Waals surface area contributed by atoms with Crippen LogP contribution in [0.15, 0.2) is 54.6 Å². The van der Waals surface area contributed by atoms with Crippen molar-refractivity contribution in [1.29, 1.82) is 0 Å². The monoisotopic (exact) mass is 313 g/mol. The summed E-state index contributed by atoms with van der Waals surface area (Å²) in [6, 6.07) is 16.0. The number of fused-ring (bicyclic) bond motifs is 1. The fourth-order valence-corrected chi connectivity index (χ4v) is 2.29. The lowest BCUT2D eigenvalue weighted by Gasteiger charge is -2.09. The van der Waals surface area contributed by atoms with Crippen LogP contribution in [0.2, 0.25) is 0 Å². The lowest BCUT2D eigenvalue weighted by molar-refractivity contribution is 0.108. The molecular weight excluding hydrogens is 302 g/mol. The maximum atomic E-state index is 11.7. The maximum absolute atomic E-state index is 11.7. The van der Waals surface area contributed by atoms with Crippen molar-refractivity contribution in [2.75, 3.05) is 7.11 Å². The van der Waals surface area contributed by atoms with E-state index in [0.29, 0.717) is 33.8 Å². The van der Waals surface area contributed by atoms with E-state index in [2.05, 4.69) is 4.98 Å². The molecule has 0 radical (unpaired) electrons. The molecule has 5 heteroatoms. The highest BCUT2D eigenvalue weighted by Crippen LogP contribution is 2.29. The molecule has 0 bridgehead atoms. The third-order valence-electron chi connectivity index (χ3n) is 3.17. The molecule has 0 aliphatic rings. The van der Waals surface area contributed by atoms with Gasteiger partial charge >= 0.3 is 0 Å². The van der Waals surface area contributed by atoms with Crippen LogP contribution >= 0.6 is 11.6 Å². The SMILES string of the molecule is COc1ccc2nc(Oc3ccccc3)cc(C(=O)Cl)c2c1. The second-order valence-corrected chi connectivity index (χ2v) is 4.92. The highest BCUT2D eigenvalue weighted by Gasteiger charge is 2.13. The Morgan fingerprint density at radius 2 is 1.82 bits per heavy atom. The molecule has 3 aromatic rings. The van der Waals surface area contributed by atoms with Gasteiger partial charge in [-0.1, -0.05) is 18.2 Å². The van der Waals surface area contributed by atoms with Gasteiger partial charge in [-0.3, -0.25) is 4.79 Å². The van der Waals surface area contributed by atoms with E-state index < -0.39 is 5.24 Å². The van der Waals surface area contributed by atoms with Gasteiger partial charge < -0.3 is 9.47 Å². The minimum absolute atomic E-state index is 0.313. The van der Waals surface area contributed by atoms with Gasteiger partial charge in [0.1, 0.15) is 11.5 Å². The number of halogens is 1. The summed E-state index contributed by atoms with van der Waals surface area (Å²) in [6.45, 7) is 0. The van der Waals surface area contributed by atoms with E-state index in [4.69, 9.17) is 21.1 Å². The first-order chi connectivity index (χ1) is 10.7. The number of para-hydroxylation sites is 1. The molecule has 0 amide bonds. The van der Waals surface area contributed by atoms with Crippen LogP contribution in [-0.2, 0) is 0 Å². The average Bonchev–Trinajstić information content (AvgIpc) is 2.54. The molecule has 0 fully saturated rings. The summed E-state index contributed by atoms with van der Waals surface area (Å²) >= 11 is 5.69. The quantitative estimate of drug-likeness (QED) is 0.669. The summed E-state index contributed by atoms with van der Waals surface area (Å²) in [5.41, 5.74) is 0.940. The Morgan fingerprint density at radius 3 is 2.50 bits per heavy atom. The first kappa shape index (κ1) is 14.4. The van der Waals surface area contributed by atoms with Crippen molar-refractivity contribution in [2.24, 2.45) is 0 Å². The lowest BCUT2D eigenvalue weighted by Crippen LogP contribution is -1.97. The molecule has 4 nitrogen and oxygen atoms in total. The third-order valence-corrected chi connectivity index (χ3v) is 3.37. The Kier molecular flexibility index (Phi) is 3.94. The molecule has 0 N–H and O–H groups in total. The number of hydrogen-bond acceptors (Lipinski definition) is 4. The minimum Gasteiger partial charge on any atom is -0.497 e. The van der Waals surface area contributed by atoms with Crippen LogP contribution in [0, 0.1) is 0 Å². The third kappa shape index (κ3) is 2.87. The van der Waals surface area contributed by atoms with Crippen molar-refractivity contribution >= 4 is 27.7 Å². The fraction of sp³-hybridized carbons (Fsp3) is 0.0588. The Bertz CT molecular complexity index is 834. The molecule has 1 heterocycles. The van der Waals surface area contributed by atoms with E-state index in [1.54, 1.807) is 25.3 Å². The summed E-state index contributed by atoms with van der Waals surface area (Å²) in [4.78, 5) is 16.1. The molecule has 0 aliphatic carbocycles. The Balaban J connectivity index is 2.11. The highest BCUT2D eigenvalue weighted by atomic mass is 35.5. The van der Waals surface area contributed by atoms with E-state index in [9.17, 15) is 4.79 Å². The Morgan fingerprint density at radius 1 is 1.05 bits per heavy atom. The van der Waals surface area contributed by atoms with Gasteiger partial charge in [-0.25, -0.2) is 4.98 Å². The van der Waals surface area contributed by atoms with E-state index in [1.165, 1.54) is 6.07 Å². The topological polar surface area (TPSA) is 48.4 Å². The second-order valence-electron chi connectivity index (χ2n) is 4.58. The number of hydrogen-bond donors (Lipinski definition) is 0. The maximum Gasteiger partial charge on any atom is 0.253 e. The van der Waals surface area contributed by atoms with Gasteiger partial charge in [-0.2, -0.15) is 0 Å². The van der Waals surface area contributed by atoms with Gasteiger partial charge in [-0.05, 0) is 41.9 Å². The van der Waals surface area contributed by atoms with Crippen LogP contribution in [0.5, 0.6) is 17.4 Å². The molecule has 0 aliphatic heterocycles. The predicted molar refractivity (Wildman–Crippen MR) is 85.0 cm³/mol. The number of nitrogens with zero attached hydrogens (tertiary/aromatic N) is 1. The Labute approximate surface area is 132 Å². The summed E-state index contributed by atoms with van der Waals surface area (Å²) in [5, 5.41) is 0.0540. The van der Waals surface area contributed by atoms with Crippen molar-refractivity contribution < 1.29 is 14.3 Å². The standard InChI is InChI=1S/C17H12ClNO3/c1-21-12-7-8-15-13(9-12)14(17(18)20)10-16(19-15)22-11-5-3-2-4-6-11/h2-10H,1H3. The molecule has 0 saturated carbocycles. The van der Waals surface area contributed by atoms with E-state index in [-0.39, 0.29) is 0 Å². The van der Waals surface area contributed by atoms with Crippen LogP contribution in [0.3, 0.4) is 0 Å². The number of rotatable bonds is 4. The van der Waals surface area contributed by atoms with Crippen LogP contribution in [-0.4, -0.2) is 17.3 Å². The molecule has 22 heavy (non-hydrogen) atoms. The van der Waals surface area contributed by atoms with Gasteiger partial charge in [0.05, 0.1) is 12.6 Å². The van der Waals surface area contributed by atoms with Crippen LogP contribution in [0.4, 0.5) is 0 Å².